The summed E-state index contributed by atoms with van der Waals surface area (Å²) in [5.41, 5.74) is 1.27. The number of halogens is 1. The summed E-state index contributed by atoms with van der Waals surface area (Å²) in [6, 6.07) is 7.69. The molecule has 2 N–H and O–H groups in total. The van der Waals surface area contributed by atoms with Crippen LogP contribution in [0.15, 0.2) is 58.3 Å². The first-order chi connectivity index (χ1) is 16.0. The molecule has 0 radical (unpaired) electrons. The van der Waals surface area contributed by atoms with E-state index in [0.717, 1.165) is 0 Å². The molecule has 33 heavy (non-hydrogen) atoms. The fourth-order valence-electron chi connectivity index (χ4n) is 3.99. The largest absolute Gasteiger partial charge is 0.463 e. The lowest BCUT2D eigenvalue weighted by Gasteiger charge is -2.36. The first kappa shape index (κ1) is 22.5. The monoisotopic (exact) mass is 456 g/mol. The number of nitrogens with zero attached hydrogens (tertiary/aromatic N) is 2. The number of amides is 3. The molecule has 174 valence electrons. The average Bonchev–Trinajstić information content (AvgIpc) is 3.34. The van der Waals surface area contributed by atoms with E-state index < -0.39 is 23.9 Å². The lowest BCUT2D eigenvalue weighted by molar-refractivity contribution is -0.139. The second-order valence-electron chi connectivity index (χ2n) is 7.74. The van der Waals surface area contributed by atoms with Gasteiger partial charge in [0.1, 0.15) is 5.82 Å². The molecule has 4 rings (SSSR count). The van der Waals surface area contributed by atoms with Crippen molar-refractivity contribution >= 4 is 17.9 Å². The maximum absolute atomic E-state index is 13.4. The summed E-state index contributed by atoms with van der Waals surface area (Å²) in [6.07, 6.45) is 1.46. The number of hydrogen-bond acceptors (Lipinski definition) is 6. The molecule has 0 spiro atoms. The fourth-order valence-corrected chi connectivity index (χ4v) is 3.99. The SMILES string of the molecule is CCOC(=O)C1=C(CN2CCN(C(=O)c3ccco3)CC2)NC(=O)N[C@@H]1c1ccc(F)cc1. The van der Waals surface area contributed by atoms with Crippen LogP contribution in [0.25, 0.3) is 0 Å². The van der Waals surface area contributed by atoms with E-state index in [4.69, 9.17) is 9.15 Å². The Morgan fingerprint density at radius 2 is 1.88 bits per heavy atom. The van der Waals surface area contributed by atoms with Gasteiger partial charge in [0, 0.05) is 38.4 Å². The number of urea groups is 1. The third-order valence-corrected chi connectivity index (χ3v) is 5.63. The van der Waals surface area contributed by atoms with Gasteiger partial charge in [0.25, 0.3) is 5.91 Å². The number of rotatable bonds is 6. The number of hydrogen-bond donors (Lipinski definition) is 2. The lowest BCUT2D eigenvalue weighted by atomic mass is 9.95. The third kappa shape index (κ3) is 5.06. The summed E-state index contributed by atoms with van der Waals surface area (Å²) in [6.45, 7) is 4.24. The number of furan rings is 1. The van der Waals surface area contributed by atoms with Crippen LogP contribution in [0.1, 0.15) is 29.1 Å². The van der Waals surface area contributed by atoms with Gasteiger partial charge in [0.15, 0.2) is 5.76 Å². The van der Waals surface area contributed by atoms with Crippen LogP contribution in [-0.2, 0) is 9.53 Å². The van der Waals surface area contributed by atoms with E-state index in [1.54, 1.807) is 24.0 Å². The molecule has 2 aromatic rings. The number of piperazine rings is 1. The Hall–Kier alpha value is -3.66. The highest BCUT2D eigenvalue weighted by atomic mass is 19.1. The van der Waals surface area contributed by atoms with Gasteiger partial charge in [-0.25, -0.2) is 14.0 Å². The number of ether oxygens (including phenoxy) is 1. The second-order valence-corrected chi connectivity index (χ2v) is 7.74. The Kier molecular flexibility index (Phi) is 6.74. The molecule has 1 aromatic carbocycles. The van der Waals surface area contributed by atoms with Crippen molar-refractivity contribution in [1.82, 2.24) is 20.4 Å². The first-order valence-corrected chi connectivity index (χ1v) is 10.7. The van der Waals surface area contributed by atoms with E-state index in [0.29, 0.717) is 49.7 Å². The van der Waals surface area contributed by atoms with Crippen molar-refractivity contribution in [1.29, 1.82) is 0 Å². The van der Waals surface area contributed by atoms with Crippen LogP contribution < -0.4 is 10.6 Å². The predicted molar refractivity (Wildman–Crippen MR) is 116 cm³/mol. The molecule has 0 aliphatic carbocycles. The van der Waals surface area contributed by atoms with Gasteiger partial charge in [-0.05, 0) is 36.8 Å². The van der Waals surface area contributed by atoms with Crippen molar-refractivity contribution in [2.45, 2.75) is 13.0 Å². The Labute approximate surface area is 190 Å². The van der Waals surface area contributed by atoms with Crippen molar-refractivity contribution in [2.75, 3.05) is 39.3 Å². The zero-order chi connectivity index (χ0) is 23.4. The molecule has 10 heteroatoms. The van der Waals surface area contributed by atoms with Crippen LogP contribution >= 0.6 is 0 Å². The van der Waals surface area contributed by atoms with E-state index in [-0.39, 0.29) is 18.1 Å². The molecule has 2 aliphatic rings. The molecule has 0 bridgehead atoms. The quantitative estimate of drug-likeness (QED) is 0.645. The molecule has 1 fully saturated rings. The summed E-state index contributed by atoms with van der Waals surface area (Å²) in [7, 11) is 0. The maximum atomic E-state index is 13.4. The summed E-state index contributed by atoms with van der Waals surface area (Å²) in [5.74, 6) is -0.843. The standard InChI is InChI=1S/C23H25FN4O5/c1-2-32-22(30)19-17(25-23(31)26-20(19)15-5-7-16(24)8-6-15)14-27-9-11-28(12-10-27)21(29)18-4-3-13-33-18/h3-8,13,20H,2,9-12,14H2,1H3,(H2,25,26,31)/t20-/m1/s1. The molecule has 0 unspecified atom stereocenters. The molecular weight excluding hydrogens is 431 g/mol. The number of benzene rings is 1. The molecule has 1 aromatic heterocycles. The molecular formula is C23H25FN4O5. The third-order valence-electron chi connectivity index (χ3n) is 5.63. The van der Waals surface area contributed by atoms with Crippen LogP contribution in [0.4, 0.5) is 9.18 Å². The minimum absolute atomic E-state index is 0.169. The zero-order valence-electron chi connectivity index (χ0n) is 18.2. The number of esters is 1. The first-order valence-electron chi connectivity index (χ1n) is 10.7. The topological polar surface area (TPSA) is 104 Å². The van der Waals surface area contributed by atoms with Gasteiger partial charge in [0.05, 0.1) is 24.5 Å². The highest BCUT2D eigenvalue weighted by Crippen LogP contribution is 2.28. The molecule has 0 saturated carbocycles. The second kappa shape index (κ2) is 9.86. The van der Waals surface area contributed by atoms with E-state index >= 15 is 0 Å². The molecule has 1 atom stereocenters. The van der Waals surface area contributed by atoms with Gasteiger partial charge in [-0.2, -0.15) is 0 Å². The summed E-state index contributed by atoms with van der Waals surface area (Å²) in [4.78, 5) is 41.5. The predicted octanol–water partition coefficient (Wildman–Crippen LogP) is 2.05. The number of carbonyl (C=O) groups is 3. The normalized spacial score (nSPS) is 19.2. The lowest BCUT2D eigenvalue weighted by Crippen LogP contribution is -2.52. The van der Waals surface area contributed by atoms with Gasteiger partial charge in [-0.3, -0.25) is 9.69 Å². The van der Waals surface area contributed by atoms with Crippen LogP contribution in [0.2, 0.25) is 0 Å². The molecule has 1 saturated heterocycles. The maximum Gasteiger partial charge on any atom is 0.338 e. The van der Waals surface area contributed by atoms with Crippen LogP contribution in [0, 0.1) is 5.82 Å². The summed E-state index contributed by atoms with van der Waals surface area (Å²) in [5, 5.41) is 5.47. The van der Waals surface area contributed by atoms with Crippen LogP contribution in [0.5, 0.6) is 0 Å². The van der Waals surface area contributed by atoms with E-state index in [1.165, 1.54) is 30.5 Å². The highest BCUT2D eigenvalue weighted by Gasteiger charge is 2.35. The van der Waals surface area contributed by atoms with Gasteiger partial charge >= 0.3 is 12.0 Å². The van der Waals surface area contributed by atoms with Crippen molar-refractivity contribution in [3.05, 3.63) is 71.1 Å². The minimum atomic E-state index is -0.768. The van der Waals surface area contributed by atoms with Gasteiger partial charge < -0.3 is 24.7 Å². The van der Waals surface area contributed by atoms with Gasteiger partial charge in [-0.15, -0.1) is 0 Å². The summed E-state index contributed by atoms with van der Waals surface area (Å²) >= 11 is 0. The smallest absolute Gasteiger partial charge is 0.338 e. The van der Waals surface area contributed by atoms with Crippen molar-refractivity contribution in [3.8, 4) is 0 Å². The van der Waals surface area contributed by atoms with Crippen molar-refractivity contribution in [2.24, 2.45) is 0 Å². The number of carbonyl (C=O) groups excluding carboxylic acids is 3. The van der Waals surface area contributed by atoms with E-state index in [1.807, 2.05) is 4.90 Å². The van der Waals surface area contributed by atoms with Crippen molar-refractivity contribution < 1.29 is 27.9 Å². The van der Waals surface area contributed by atoms with E-state index in [9.17, 15) is 18.8 Å². The molecule has 3 amide bonds. The molecule has 9 nitrogen and oxygen atoms in total. The van der Waals surface area contributed by atoms with Crippen molar-refractivity contribution in [3.63, 3.8) is 0 Å². The van der Waals surface area contributed by atoms with Crippen LogP contribution in [-0.4, -0.2) is 67.0 Å². The average molecular weight is 456 g/mol. The zero-order valence-corrected chi connectivity index (χ0v) is 18.2. The highest BCUT2D eigenvalue weighted by molar-refractivity contribution is 5.95. The van der Waals surface area contributed by atoms with Crippen LogP contribution in [0.3, 0.4) is 0 Å². The Bertz CT molecular complexity index is 1040. The Morgan fingerprint density at radius 1 is 1.15 bits per heavy atom. The summed E-state index contributed by atoms with van der Waals surface area (Å²) < 4.78 is 23.9. The van der Waals surface area contributed by atoms with Gasteiger partial charge in [-0.1, -0.05) is 12.1 Å². The Balaban J connectivity index is 1.53. The molecule has 2 aliphatic heterocycles. The molecule has 3 heterocycles. The fraction of sp³-hybridized carbons (Fsp3) is 0.348. The van der Waals surface area contributed by atoms with E-state index in [2.05, 4.69) is 10.6 Å². The minimum Gasteiger partial charge on any atom is -0.463 e. The number of nitrogens with one attached hydrogen (secondary N) is 2. The Morgan fingerprint density at radius 3 is 2.52 bits per heavy atom. The van der Waals surface area contributed by atoms with Gasteiger partial charge in [0.2, 0.25) is 0 Å².